The molecular weight excluding hydrogens is 142 g/mol. The van der Waals surface area contributed by atoms with Crippen LogP contribution in [0.4, 0.5) is 0 Å². The number of carbonyl (C=O) groups is 1. The van der Waals surface area contributed by atoms with Gasteiger partial charge in [-0.25, -0.2) is 0 Å². The molecule has 1 unspecified atom stereocenters. The van der Waals surface area contributed by atoms with Crippen LogP contribution >= 0.6 is 0 Å². The highest BCUT2D eigenvalue weighted by Gasteiger charge is 2.19. The first-order chi connectivity index (χ1) is 4.87. The van der Waals surface area contributed by atoms with Crippen LogP contribution in [0, 0.1) is 0 Å². The van der Waals surface area contributed by atoms with E-state index in [0.717, 1.165) is 6.08 Å². The maximum atomic E-state index is 10.8. The summed E-state index contributed by atoms with van der Waals surface area (Å²) in [5.74, 6) is -0.307. The van der Waals surface area contributed by atoms with Gasteiger partial charge in [-0.2, -0.15) is 0 Å². The first-order valence-electron chi connectivity index (χ1n) is 3.51. The van der Waals surface area contributed by atoms with Crippen molar-refractivity contribution in [2.24, 2.45) is 0 Å². The van der Waals surface area contributed by atoms with Crippen molar-refractivity contribution < 1.29 is 14.4 Å². The number of aliphatic hydroxyl groups excluding tert-OH is 1. The minimum absolute atomic E-state index is 0.307. The van der Waals surface area contributed by atoms with Crippen LogP contribution in [0.3, 0.4) is 0 Å². The Bertz CT molecular complexity index is 158. The number of likely N-dealkylation sites (N-methyl/N-ethyl adjacent to an activating group) is 1. The fraction of sp³-hybridized carbons (Fsp3) is 0.625. The van der Waals surface area contributed by atoms with Crippen molar-refractivity contribution in [1.29, 1.82) is 0 Å². The molecule has 3 nitrogen and oxygen atoms in total. The van der Waals surface area contributed by atoms with Crippen LogP contribution in [0.2, 0.25) is 0 Å². The molecule has 0 aliphatic rings. The Labute approximate surface area is 67.5 Å². The number of rotatable bonds is 4. The zero-order valence-corrected chi connectivity index (χ0v) is 7.37. The molecule has 11 heavy (non-hydrogen) atoms. The van der Waals surface area contributed by atoms with Gasteiger partial charge in [0.05, 0.1) is 21.1 Å². The molecule has 0 saturated carbocycles. The maximum absolute atomic E-state index is 10.8. The quantitative estimate of drug-likeness (QED) is 0.455. The molecule has 0 aromatic rings. The van der Waals surface area contributed by atoms with Crippen LogP contribution in [-0.2, 0) is 4.79 Å². The second kappa shape index (κ2) is 3.64. The van der Waals surface area contributed by atoms with Crippen molar-refractivity contribution in [3.63, 3.8) is 0 Å². The van der Waals surface area contributed by atoms with Gasteiger partial charge in [-0.1, -0.05) is 6.58 Å². The monoisotopic (exact) mass is 158 g/mol. The van der Waals surface area contributed by atoms with E-state index in [4.69, 9.17) is 0 Å². The number of ketones is 1. The Morgan fingerprint density at radius 2 is 2.09 bits per heavy atom. The van der Waals surface area contributed by atoms with Crippen LogP contribution < -0.4 is 0 Å². The molecule has 0 heterocycles. The number of hydrogen-bond donors (Lipinski definition) is 1. The summed E-state index contributed by atoms with van der Waals surface area (Å²) in [6.45, 7) is 3.72. The highest BCUT2D eigenvalue weighted by molar-refractivity contribution is 5.92. The number of hydrogen-bond acceptors (Lipinski definition) is 2. The topological polar surface area (TPSA) is 37.3 Å². The average molecular weight is 158 g/mol. The smallest absolute Gasteiger partial charge is 0.189 e. The summed E-state index contributed by atoms with van der Waals surface area (Å²) in [6, 6.07) is 0. The first kappa shape index (κ1) is 10.3. The van der Waals surface area contributed by atoms with Crippen molar-refractivity contribution in [1.82, 2.24) is 0 Å². The van der Waals surface area contributed by atoms with Gasteiger partial charge in [0.2, 0.25) is 0 Å². The van der Waals surface area contributed by atoms with Crippen LogP contribution in [0.25, 0.3) is 0 Å². The molecule has 3 heteroatoms. The number of aliphatic hydroxyl groups is 1. The summed E-state index contributed by atoms with van der Waals surface area (Å²) in [4.78, 5) is 10.8. The number of carbonyl (C=O) groups excluding carboxylic acids is 1. The molecule has 64 valence electrons. The van der Waals surface area contributed by atoms with E-state index in [1.54, 1.807) is 0 Å². The minimum atomic E-state index is -0.910. The van der Waals surface area contributed by atoms with E-state index in [-0.39, 0.29) is 5.78 Å². The zero-order chi connectivity index (χ0) is 9.07. The third-order valence-corrected chi connectivity index (χ3v) is 1.25. The predicted molar refractivity (Wildman–Crippen MR) is 44.1 cm³/mol. The van der Waals surface area contributed by atoms with Crippen LogP contribution in [0.5, 0.6) is 0 Å². The Kier molecular flexibility index (Phi) is 3.42. The lowest BCUT2D eigenvalue weighted by Gasteiger charge is -2.25. The summed E-state index contributed by atoms with van der Waals surface area (Å²) in [6.07, 6.45) is 0.243. The lowest BCUT2D eigenvalue weighted by molar-refractivity contribution is -0.872. The Morgan fingerprint density at radius 3 is 2.36 bits per heavy atom. The van der Waals surface area contributed by atoms with Gasteiger partial charge in [0, 0.05) is 0 Å². The molecule has 0 aliphatic carbocycles. The lowest BCUT2D eigenvalue weighted by Crippen LogP contribution is -2.43. The van der Waals surface area contributed by atoms with Crippen LogP contribution in [0.15, 0.2) is 12.7 Å². The van der Waals surface area contributed by atoms with E-state index in [0.29, 0.717) is 11.0 Å². The van der Waals surface area contributed by atoms with Gasteiger partial charge >= 0.3 is 0 Å². The zero-order valence-electron chi connectivity index (χ0n) is 7.37. The first-order valence-corrected chi connectivity index (χ1v) is 3.51. The minimum Gasteiger partial charge on any atom is -0.379 e. The van der Waals surface area contributed by atoms with E-state index in [9.17, 15) is 9.90 Å². The summed E-state index contributed by atoms with van der Waals surface area (Å²) in [7, 11) is 5.75. The Morgan fingerprint density at radius 1 is 1.64 bits per heavy atom. The molecule has 0 radical (unpaired) electrons. The standard InChI is InChI=1S/C8H16NO2/c1-5-7(10)8(11)6-9(2,3)4/h5,8,11H,1,6H2,2-4H3/q+1. The normalized spacial score (nSPS) is 14.2. The van der Waals surface area contributed by atoms with Gasteiger partial charge in [0.1, 0.15) is 6.54 Å². The van der Waals surface area contributed by atoms with E-state index < -0.39 is 6.10 Å². The van der Waals surface area contributed by atoms with Gasteiger partial charge in [0.15, 0.2) is 11.9 Å². The molecule has 1 atom stereocenters. The SMILES string of the molecule is C=CC(=O)C(O)C[N+](C)(C)C. The summed E-state index contributed by atoms with van der Waals surface area (Å²) in [5.41, 5.74) is 0. The summed E-state index contributed by atoms with van der Waals surface area (Å²) in [5, 5.41) is 9.22. The Balaban J connectivity index is 3.97. The van der Waals surface area contributed by atoms with Crippen molar-refractivity contribution in [2.75, 3.05) is 27.7 Å². The van der Waals surface area contributed by atoms with Crippen molar-refractivity contribution >= 4 is 5.78 Å². The average Bonchev–Trinajstić information content (AvgIpc) is 1.82. The molecule has 0 amide bonds. The van der Waals surface area contributed by atoms with Crippen molar-refractivity contribution in [3.05, 3.63) is 12.7 Å². The van der Waals surface area contributed by atoms with Gasteiger partial charge in [-0.15, -0.1) is 0 Å². The van der Waals surface area contributed by atoms with E-state index in [1.165, 1.54) is 0 Å². The van der Waals surface area contributed by atoms with Gasteiger partial charge < -0.3 is 9.59 Å². The molecule has 0 spiro atoms. The van der Waals surface area contributed by atoms with Gasteiger partial charge in [0.25, 0.3) is 0 Å². The fourth-order valence-corrected chi connectivity index (χ4v) is 0.745. The second-order valence-electron chi connectivity index (χ2n) is 3.60. The highest BCUT2D eigenvalue weighted by Crippen LogP contribution is 1.96. The largest absolute Gasteiger partial charge is 0.379 e. The summed E-state index contributed by atoms with van der Waals surface area (Å²) >= 11 is 0. The molecule has 0 aromatic carbocycles. The molecule has 0 bridgehead atoms. The molecule has 0 saturated heterocycles. The van der Waals surface area contributed by atoms with E-state index in [2.05, 4.69) is 6.58 Å². The number of nitrogens with zero attached hydrogens (tertiary/aromatic N) is 1. The molecule has 0 aliphatic heterocycles. The van der Waals surface area contributed by atoms with Crippen LogP contribution in [0.1, 0.15) is 0 Å². The molecule has 0 aromatic heterocycles. The molecule has 0 fully saturated rings. The highest BCUT2D eigenvalue weighted by atomic mass is 16.3. The third kappa shape index (κ3) is 4.70. The van der Waals surface area contributed by atoms with Crippen molar-refractivity contribution in [3.8, 4) is 0 Å². The molecule has 1 N–H and O–H groups in total. The van der Waals surface area contributed by atoms with Gasteiger partial charge in [-0.05, 0) is 6.08 Å². The predicted octanol–water partition coefficient (Wildman–Crippen LogP) is -0.191. The fourth-order valence-electron chi connectivity index (χ4n) is 0.745. The Hall–Kier alpha value is -0.670. The third-order valence-electron chi connectivity index (χ3n) is 1.25. The lowest BCUT2D eigenvalue weighted by atomic mass is 10.2. The van der Waals surface area contributed by atoms with Gasteiger partial charge in [-0.3, -0.25) is 4.79 Å². The van der Waals surface area contributed by atoms with Crippen LogP contribution in [-0.4, -0.2) is 49.2 Å². The second-order valence-corrected chi connectivity index (χ2v) is 3.60. The van der Waals surface area contributed by atoms with E-state index in [1.807, 2.05) is 21.1 Å². The van der Waals surface area contributed by atoms with E-state index >= 15 is 0 Å². The van der Waals surface area contributed by atoms with Crippen molar-refractivity contribution in [2.45, 2.75) is 6.10 Å². The molecule has 0 rings (SSSR count). The molecular formula is C8H16NO2+. The maximum Gasteiger partial charge on any atom is 0.189 e. The number of quaternary nitrogens is 1. The summed E-state index contributed by atoms with van der Waals surface area (Å²) < 4.78 is 0.570.